The number of rotatable bonds is 3. The van der Waals surface area contributed by atoms with Gasteiger partial charge in [0.2, 0.25) is 0 Å². The number of halogens is 1. The predicted octanol–water partition coefficient (Wildman–Crippen LogP) is 3.55. The number of nitrogens with one attached hydrogen (secondary N) is 1. The Morgan fingerprint density at radius 1 is 1.35 bits per heavy atom. The van der Waals surface area contributed by atoms with Gasteiger partial charge in [0.05, 0.1) is 12.7 Å². The Labute approximate surface area is 119 Å². The van der Waals surface area contributed by atoms with Crippen LogP contribution in [-0.4, -0.2) is 32.2 Å². The van der Waals surface area contributed by atoms with E-state index >= 15 is 0 Å². The molecule has 0 saturated carbocycles. The molecule has 1 unspecified atom stereocenters. The van der Waals surface area contributed by atoms with Gasteiger partial charge in [0.1, 0.15) is 0 Å². The lowest BCUT2D eigenvalue weighted by atomic mass is 10.1. The Bertz CT molecular complexity index is 394. The summed E-state index contributed by atoms with van der Waals surface area (Å²) in [7, 11) is 0. The molecule has 17 heavy (non-hydrogen) atoms. The normalized spacial score (nSPS) is 20.5. The molecule has 0 aromatic heterocycles. The second-order valence-corrected chi connectivity index (χ2v) is 6.32. The minimum absolute atomic E-state index is 0.182. The van der Waals surface area contributed by atoms with Crippen LogP contribution < -0.4 is 5.32 Å². The molecule has 5 heteroatoms. The van der Waals surface area contributed by atoms with Crippen molar-refractivity contribution in [3.63, 3.8) is 0 Å². The maximum absolute atomic E-state index is 5.79. The van der Waals surface area contributed by atoms with Crippen LogP contribution in [0.4, 0.5) is 0 Å². The third-order valence-corrected chi connectivity index (χ3v) is 5.38. The zero-order chi connectivity index (χ0) is 12.3. The summed E-state index contributed by atoms with van der Waals surface area (Å²) < 4.78 is 6.96. The summed E-state index contributed by atoms with van der Waals surface area (Å²) in [5.74, 6) is 0. The largest absolute Gasteiger partial charge is 0.371 e. The van der Waals surface area contributed by atoms with Crippen molar-refractivity contribution in [1.82, 2.24) is 5.32 Å². The zero-order valence-electron chi connectivity index (χ0n) is 9.96. The van der Waals surface area contributed by atoms with Gasteiger partial charge in [-0.2, -0.15) is 0 Å². The molecule has 0 spiro atoms. The van der Waals surface area contributed by atoms with E-state index in [0.717, 1.165) is 19.7 Å². The molecule has 0 aliphatic carbocycles. The first-order valence-electron chi connectivity index (χ1n) is 5.50. The summed E-state index contributed by atoms with van der Waals surface area (Å²) in [6.07, 6.45) is 4.41. The molecular formula is C12H16BrNOS2. The molecule has 1 aliphatic rings. The van der Waals surface area contributed by atoms with E-state index in [1.54, 1.807) is 23.5 Å². The van der Waals surface area contributed by atoms with E-state index in [2.05, 4.69) is 45.9 Å². The van der Waals surface area contributed by atoms with E-state index in [0.29, 0.717) is 0 Å². The van der Waals surface area contributed by atoms with Gasteiger partial charge in [-0.15, -0.1) is 23.5 Å². The van der Waals surface area contributed by atoms with E-state index in [9.17, 15) is 0 Å². The average molecular weight is 334 g/mol. The first-order valence-corrected chi connectivity index (χ1v) is 8.74. The van der Waals surface area contributed by atoms with Crippen LogP contribution in [-0.2, 0) is 4.74 Å². The Kier molecular flexibility index (Phi) is 5.24. The van der Waals surface area contributed by atoms with Crippen LogP contribution in [0.1, 0.15) is 11.7 Å². The minimum Gasteiger partial charge on any atom is -0.371 e. The maximum atomic E-state index is 5.79. The molecule has 94 valence electrons. The van der Waals surface area contributed by atoms with Gasteiger partial charge in [0.15, 0.2) is 0 Å². The summed E-state index contributed by atoms with van der Waals surface area (Å²) in [5, 5.41) is 3.37. The van der Waals surface area contributed by atoms with Crippen molar-refractivity contribution in [2.45, 2.75) is 15.9 Å². The number of thioether (sulfide) groups is 2. The van der Waals surface area contributed by atoms with Crippen molar-refractivity contribution in [2.24, 2.45) is 0 Å². The molecule has 2 rings (SSSR count). The molecular weight excluding hydrogens is 318 g/mol. The molecule has 2 nitrogen and oxygen atoms in total. The molecule has 1 aromatic carbocycles. The molecule has 1 aromatic rings. The number of benzene rings is 1. The van der Waals surface area contributed by atoms with Crippen molar-refractivity contribution in [1.29, 1.82) is 0 Å². The lowest BCUT2D eigenvalue weighted by Gasteiger charge is -2.25. The standard InChI is InChI=1S/C12H16BrNOS2/c1-16-11-6-8(5-9(13)12(11)17-2)10-7-14-3-4-15-10/h5-6,10,14H,3-4,7H2,1-2H3. The van der Waals surface area contributed by atoms with Crippen molar-refractivity contribution >= 4 is 39.5 Å². The maximum Gasteiger partial charge on any atom is 0.0950 e. The smallest absolute Gasteiger partial charge is 0.0950 e. The Morgan fingerprint density at radius 3 is 2.76 bits per heavy atom. The second kappa shape index (κ2) is 6.48. The number of hydrogen-bond donors (Lipinski definition) is 1. The van der Waals surface area contributed by atoms with Crippen molar-refractivity contribution in [2.75, 3.05) is 32.2 Å². The topological polar surface area (TPSA) is 21.3 Å². The highest BCUT2D eigenvalue weighted by molar-refractivity contribution is 9.10. The van der Waals surface area contributed by atoms with Crippen molar-refractivity contribution in [3.8, 4) is 0 Å². The first kappa shape index (κ1) is 13.7. The fraction of sp³-hybridized carbons (Fsp3) is 0.500. The first-order chi connectivity index (χ1) is 8.26. The lowest BCUT2D eigenvalue weighted by Crippen LogP contribution is -2.33. The van der Waals surface area contributed by atoms with E-state index in [1.165, 1.54) is 19.8 Å². The lowest BCUT2D eigenvalue weighted by molar-refractivity contribution is 0.0275. The highest BCUT2D eigenvalue weighted by Crippen LogP contribution is 2.37. The third kappa shape index (κ3) is 3.20. The molecule has 1 saturated heterocycles. The van der Waals surface area contributed by atoms with Gasteiger partial charge in [-0.25, -0.2) is 0 Å². The van der Waals surface area contributed by atoms with Crippen LogP contribution in [0.5, 0.6) is 0 Å². The van der Waals surface area contributed by atoms with Gasteiger partial charge in [-0.1, -0.05) is 0 Å². The molecule has 0 radical (unpaired) electrons. The van der Waals surface area contributed by atoms with Crippen LogP contribution in [0.25, 0.3) is 0 Å². The summed E-state index contributed by atoms with van der Waals surface area (Å²) in [6, 6.07) is 4.43. The summed E-state index contributed by atoms with van der Waals surface area (Å²) >= 11 is 7.22. The van der Waals surface area contributed by atoms with Gasteiger partial charge >= 0.3 is 0 Å². The molecule has 1 fully saturated rings. The van der Waals surface area contributed by atoms with Crippen LogP contribution in [0.15, 0.2) is 26.4 Å². The van der Waals surface area contributed by atoms with Crippen LogP contribution in [0.2, 0.25) is 0 Å². The molecule has 1 heterocycles. The van der Waals surface area contributed by atoms with Crippen LogP contribution in [0.3, 0.4) is 0 Å². The summed E-state index contributed by atoms with van der Waals surface area (Å²) in [6.45, 7) is 2.65. The molecule has 1 aliphatic heterocycles. The number of morpholine rings is 1. The Hall–Kier alpha value is 0.320. The van der Waals surface area contributed by atoms with E-state index in [1.807, 2.05) is 0 Å². The Morgan fingerprint density at radius 2 is 2.18 bits per heavy atom. The van der Waals surface area contributed by atoms with Gasteiger partial charge in [-0.3, -0.25) is 0 Å². The monoisotopic (exact) mass is 333 g/mol. The minimum atomic E-state index is 0.182. The van der Waals surface area contributed by atoms with Gasteiger partial charge in [0, 0.05) is 27.4 Å². The van der Waals surface area contributed by atoms with E-state index in [4.69, 9.17) is 4.74 Å². The number of hydrogen-bond acceptors (Lipinski definition) is 4. The Balaban J connectivity index is 2.31. The molecule has 1 N–H and O–H groups in total. The SMILES string of the molecule is CSc1cc(C2CNCCO2)cc(Br)c1SC. The summed E-state index contributed by atoms with van der Waals surface area (Å²) in [4.78, 5) is 2.63. The highest BCUT2D eigenvalue weighted by atomic mass is 79.9. The molecule has 0 bridgehead atoms. The van der Waals surface area contributed by atoms with E-state index < -0.39 is 0 Å². The van der Waals surface area contributed by atoms with Crippen molar-refractivity contribution in [3.05, 3.63) is 22.2 Å². The second-order valence-electron chi connectivity index (χ2n) is 3.80. The molecule has 1 atom stereocenters. The van der Waals surface area contributed by atoms with Gasteiger partial charge in [0.25, 0.3) is 0 Å². The number of ether oxygens (including phenoxy) is 1. The van der Waals surface area contributed by atoms with Crippen molar-refractivity contribution < 1.29 is 4.74 Å². The van der Waals surface area contributed by atoms with Gasteiger partial charge in [-0.05, 0) is 46.1 Å². The van der Waals surface area contributed by atoms with Crippen LogP contribution in [0, 0.1) is 0 Å². The fourth-order valence-corrected chi connectivity index (χ4v) is 4.56. The summed E-state index contributed by atoms with van der Waals surface area (Å²) in [5.41, 5.74) is 1.26. The zero-order valence-corrected chi connectivity index (χ0v) is 13.2. The molecule has 0 amide bonds. The highest BCUT2D eigenvalue weighted by Gasteiger charge is 2.18. The fourth-order valence-electron chi connectivity index (χ4n) is 1.90. The average Bonchev–Trinajstić information content (AvgIpc) is 2.38. The van der Waals surface area contributed by atoms with Gasteiger partial charge < -0.3 is 10.1 Å². The quantitative estimate of drug-likeness (QED) is 0.853. The predicted molar refractivity (Wildman–Crippen MR) is 79.3 cm³/mol. The van der Waals surface area contributed by atoms with Crippen LogP contribution >= 0.6 is 39.5 Å². The third-order valence-electron chi connectivity index (χ3n) is 2.76. The van der Waals surface area contributed by atoms with E-state index in [-0.39, 0.29) is 6.10 Å².